The lowest BCUT2D eigenvalue weighted by Gasteiger charge is -2.29. The zero-order valence-corrected chi connectivity index (χ0v) is 31.3. The quantitative estimate of drug-likeness (QED) is 0.0886. The van der Waals surface area contributed by atoms with Crippen LogP contribution in [-0.2, 0) is 32.1 Å². The van der Waals surface area contributed by atoms with Gasteiger partial charge >= 0.3 is 6.09 Å². The Balaban J connectivity index is 1.80. The van der Waals surface area contributed by atoms with Crippen LogP contribution in [0.1, 0.15) is 84.3 Å². The van der Waals surface area contributed by atoms with Gasteiger partial charge in [-0.1, -0.05) is 127 Å². The third kappa shape index (κ3) is 13.6. The van der Waals surface area contributed by atoms with Gasteiger partial charge in [0.1, 0.15) is 18.7 Å². The molecule has 0 saturated carbocycles. The Morgan fingerprint density at radius 1 is 0.769 bits per heavy atom. The predicted octanol–water partition coefficient (Wildman–Crippen LogP) is 5.16. The molecule has 11 nitrogen and oxygen atoms in total. The summed E-state index contributed by atoms with van der Waals surface area (Å²) in [5.41, 5.74) is 1.63. The standard InChI is InChI=1S/C41H58N4O7/c1-6-8-21-33(39(49)44-34(22-27(3)4)37(47)24-38(48)42-36(25-46)28(5)7-2)43-40(50)35(45-41(51)52-26-29-15-10-9-11-16-29)23-31-19-14-18-30-17-12-13-20-32(30)31/h9-20,27-28,33-37,46-47H,6-8,21-26H2,1-5H3,(H,42,48)(H,43,50)(H,44,49)(H,45,51)/t28?,33-,34?,35-,36+,37?/m0/s1. The highest BCUT2D eigenvalue weighted by Gasteiger charge is 2.31. The number of ether oxygens (including phenoxy) is 1. The van der Waals surface area contributed by atoms with E-state index in [0.29, 0.717) is 19.3 Å². The van der Waals surface area contributed by atoms with E-state index in [1.807, 2.05) is 107 Å². The second kappa shape index (κ2) is 21.8. The van der Waals surface area contributed by atoms with Gasteiger partial charge in [-0.3, -0.25) is 14.4 Å². The van der Waals surface area contributed by atoms with Crippen molar-refractivity contribution in [3.8, 4) is 0 Å². The Morgan fingerprint density at radius 3 is 2.12 bits per heavy atom. The van der Waals surface area contributed by atoms with Gasteiger partial charge < -0.3 is 36.2 Å². The summed E-state index contributed by atoms with van der Waals surface area (Å²) >= 11 is 0. The van der Waals surface area contributed by atoms with E-state index in [2.05, 4.69) is 21.3 Å². The molecule has 284 valence electrons. The van der Waals surface area contributed by atoms with Crippen LogP contribution in [0, 0.1) is 11.8 Å². The van der Waals surface area contributed by atoms with E-state index in [4.69, 9.17) is 4.74 Å². The average Bonchev–Trinajstić information content (AvgIpc) is 3.13. The summed E-state index contributed by atoms with van der Waals surface area (Å²) in [6, 6.07) is 19.5. The Kier molecular flexibility index (Phi) is 17.6. The van der Waals surface area contributed by atoms with Crippen molar-refractivity contribution >= 4 is 34.6 Å². The van der Waals surface area contributed by atoms with Crippen molar-refractivity contribution in [1.82, 2.24) is 21.3 Å². The second-order valence-electron chi connectivity index (χ2n) is 14.1. The minimum atomic E-state index is -1.20. The number of aliphatic hydroxyl groups excluding tert-OH is 2. The van der Waals surface area contributed by atoms with Crippen molar-refractivity contribution in [3.05, 3.63) is 83.9 Å². The van der Waals surface area contributed by atoms with E-state index in [-0.39, 0.29) is 37.9 Å². The molecule has 0 fully saturated rings. The van der Waals surface area contributed by atoms with Crippen molar-refractivity contribution in [2.24, 2.45) is 11.8 Å². The summed E-state index contributed by atoms with van der Waals surface area (Å²) in [6.45, 7) is 9.58. The number of rotatable bonds is 21. The normalized spacial score (nSPS) is 14.8. The molecule has 0 aromatic heterocycles. The summed E-state index contributed by atoms with van der Waals surface area (Å²) in [7, 11) is 0. The fraction of sp³-hybridized carbons (Fsp3) is 0.512. The maximum atomic E-state index is 14.0. The minimum absolute atomic E-state index is 0.0205. The number of hydrogen-bond donors (Lipinski definition) is 6. The molecule has 11 heteroatoms. The Hall–Kier alpha value is -4.48. The van der Waals surface area contributed by atoms with Gasteiger partial charge in [0.2, 0.25) is 17.7 Å². The summed E-state index contributed by atoms with van der Waals surface area (Å²) < 4.78 is 5.47. The molecule has 3 rings (SSSR count). The predicted molar refractivity (Wildman–Crippen MR) is 203 cm³/mol. The third-order valence-corrected chi connectivity index (χ3v) is 9.39. The van der Waals surface area contributed by atoms with Crippen LogP contribution in [0.4, 0.5) is 4.79 Å². The number of unbranched alkanes of at least 4 members (excludes halogenated alkanes) is 1. The Morgan fingerprint density at radius 2 is 1.44 bits per heavy atom. The van der Waals surface area contributed by atoms with E-state index in [1.165, 1.54) is 0 Å². The van der Waals surface area contributed by atoms with Crippen molar-refractivity contribution in [2.75, 3.05) is 6.61 Å². The molecular weight excluding hydrogens is 660 g/mol. The number of hydrogen-bond acceptors (Lipinski definition) is 7. The largest absolute Gasteiger partial charge is 0.445 e. The SMILES string of the molecule is CCCC[C@H](NC(=O)[C@H](Cc1cccc2ccccc12)NC(=O)OCc1ccccc1)C(=O)NC(CC(C)C)C(O)CC(=O)N[C@H](CO)C(C)CC. The highest BCUT2D eigenvalue weighted by molar-refractivity contribution is 5.92. The van der Waals surface area contributed by atoms with Gasteiger partial charge in [0.15, 0.2) is 0 Å². The van der Waals surface area contributed by atoms with E-state index in [0.717, 1.165) is 34.7 Å². The van der Waals surface area contributed by atoms with E-state index in [9.17, 15) is 29.4 Å². The van der Waals surface area contributed by atoms with Crippen molar-refractivity contribution in [3.63, 3.8) is 0 Å². The number of carbonyl (C=O) groups excluding carboxylic acids is 4. The summed E-state index contributed by atoms with van der Waals surface area (Å²) in [5, 5.41) is 34.2. The summed E-state index contributed by atoms with van der Waals surface area (Å²) in [5.74, 6) is -1.35. The van der Waals surface area contributed by atoms with Gasteiger partial charge in [-0.15, -0.1) is 0 Å². The number of nitrogens with one attached hydrogen (secondary N) is 4. The molecule has 6 N–H and O–H groups in total. The second-order valence-corrected chi connectivity index (χ2v) is 14.1. The van der Waals surface area contributed by atoms with E-state index >= 15 is 0 Å². The number of amides is 4. The molecule has 4 amide bonds. The molecule has 3 aromatic carbocycles. The molecule has 0 aliphatic rings. The Bertz CT molecular complexity index is 1560. The molecule has 3 aromatic rings. The Labute approximate surface area is 308 Å². The van der Waals surface area contributed by atoms with Crippen LogP contribution in [-0.4, -0.2) is 70.9 Å². The van der Waals surface area contributed by atoms with Crippen LogP contribution in [0.2, 0.25) is 0 Å². The number of fused-ring (bicyclic) bond motifs is 1. The minimum Gasteiger partial charge on any atom is -0.445 e. The molecule has 0 aliphatic heterocycles. The van der Waals surface area contributed by atoms with Crippen LogP contribution in [0.3, 0.4) is 0 Å². The number of carbonyl (C=O) groups is 4. The van der Waals surface area contributed by atoms with Crippen molar-refractivity contribution < 1.29 is 34.1 Å². The average molecular weight is 719 g/mol. The molecule has 6 atom stereocenters. The number of benzene rings is 3. The van der Waals surface area contributed by atoms with E-state index in [1.54, 1.807) is 0 Å². The zero-order chi connectivity index (χ0) is 38.0. The maximum Gasteiger partial charge on any atom is 0.408 e. The first-order valence-electron chi connectivity index (χ1n) is 18.6. The molecule has 0 spiro atoms. The molecule has 0 saturated heterocycles. The summed E-state index contributed by atoms with van der Waals surface area (Å²) in [4.78, 5) is 53.8. The smallest absolute Gasteiger partial charge is 0.408 e. The van der Waals surface area contributed by atoms with Crippen LogP contribution in [0.5, 0.6) is 0 Å². The lowest BCUT2D eigenvalue weighted by Crippen LogP contribution is -2.57. The first kappa shape index (κ1) is 41.9. The van der Waals surface area contributed by atoms with Crippen LogP contribution in [0.15, 0.2) is 72.8 Å². The first-order chi connectivity index (χ1) is 24.9. The molecule has 0 heterocycles. The van der Waals surface area contributed by atoms with Crippen molar-refractivity contribution in [2.45, 2.75) is 116 Å². The van der Waals surface area contributed by atoms with E-state index < -0.39 is 54.1 Å². The van der Waals surface area contributed by atoms with Gasteiger partial charge in [-0.05, 0) is 46.6 Å². The fourth-order valence-electron chi connectivity index (χ4n) is 6.11. The first-order valence-corrected chi connectivity index (χ1v) is 18.6. The molecule has 0 radical (unpaired) electrons. The zero-order valence-electron chi connectivity index (χ0n) is 31.3. The van der Waals surface area contributed by atoms with Gasteiger partial charge in [-0.2, -0.15) is 0 Å². The molecule has 52 heavy (non-hydrogen) atoms. The molecule has 0 aliphatic carbocycles. The van der Waals surface area contributed by atoms with Crippen LogP contribution >= 0.6 is 0 Å². The maximum absolute atomic E-state index is 14.0. The molecule has 0 bridgehead atoms. The monoisotopic (exact) mass is 718 g/mol. The topological polar surface area (TPSA) is 166 Å². The highest BCUT2D eigenvalue weighted by atomic mass is 16.5. The fourth-order valence-corrected chi connectivity index (χ4v) is 6.11. The van der Waals surface area contributed by atoms with Crippen molar-refractivity contribution in [1.29, 1.82) is 0 Å². The van der Waals surface area contributed by atoms with Gasteiger partial charge in [0.05, 0.1) is 31.2 Å². The lowest BCUT2D eigenvalue weighted by atomic mass is 9.95. The number of alkyl carbamates (subject to hydrolysis) is 1. The summed E-state index contributed by atoms with van der Waals surface area (Å²) in [6.07, 6.45) is 0.787. The van der Waals surface area contributed by atoms with Crippen LogP contribution in [0.25, 0.3) is 10.8 Å². The van der Waals surface area contributed by atoms with Gasteiger partial charge in [0, 0.05) is 6.42 Å². The lowest BCUT2D eigenvalue weighted by molar-refractivity contribution is -0.131. The van der Waals surface area contributed by atoms with Gasteiger partial charge in [0.25, 0.3) is 0 Å². The third-order valence-electron chi connectivity index (χ3n) is 9.39. The van der Waals surface area contributed by atoms with Gasteiger partial charge in [-0.25, -0.2) is 4.79 Å². The highest BCUT2D eigenvalue weighted by Crippen LogP contribution is 2.21. The molecule has 3 unspecified atom stereocenters. The molecular formula is C41H58N4O7. The number of aliphatic hydroxyl groups is 2. The van der Waals surface area contributed by atoms with Crippen LogP contribution < -0.4 is 21.3 Å².